The van der Waals surface area contributed by atoms with Gasteiger partial charge in [-0.25, -0.2) is 9.97 Å². The Bertz CT molecular complexity index is 929. The first-order valence-electron chi connectivity index (χ1n) is 9.87. The van der Waals surface area contributed by atoms with Crippen LogP contribution in [0.4, 0.5) is 17.3 Å². The van der Waals surface area contributed by atoms with Crippen LogP contribution < -0.4 is 15.0 Å². The van der Waals surface area contributed by atoms with E-state index in [-0.39, 0.29) is 0 Å². The van der Waals surface area contributed by atoms with Crippen LogP contribution in [0.3, 0.4) is 0 Å². The normalized spacial score (nSPS) is 16.6. The van der Waals surface area contributed by atoms with Gasteiger partial charge in [-0.3, -0.25) is 0 Å². The predicted octanol–water partition coefficient (Wildman–Crippen LogP) is 5.56. The van der Waals surface area contributed by atoms with Gasteiger partial charge in [-0.1, -0.05) is 37.3 Å². The fourth-order valence-corrected chi connectivity index (χ4v) is 3.59. The topological polar surface area (TPSA) is 50.3 Å². The molecule has 1 aromatic heterocycles. The van der Waals surface area contributed by atoms with Crippen LogP contribution in [0.5, 0.6) is 11.5 Å². The molecule has 1 unspecified atom stereocenters. The van der Waals surface area contributed by atoms with Crippen LogP contribution in [0, 0.1) is 12.8 Å². The Morgan fingerprint density at radius 3 is 2.64 bits per heavy atom. The molecular weight excluding hydrogens is 348 g/mol. The number of piperidine rings is 1. The summed E-state index contributed by atoms with van der Waals surface area (Å²) in [5.41, 5.74) is 0.877. The monoisotopic (exact) mass is 374 g/mol. The summed E-state index contributed by atoms with van der Waals surface area (Å²) in [6.07, 6.45) is 2.50. The van der Waals surface area contributed by atoms with E-state index in [9.17, 15) is 0 Å². The lowest BCUT2D eigenvalue weighted by Gasteiger charge is -2.32. The lowest BCUT2D eigenvalue weighted by molar-refractivity contribution is 0.444. The summed E-state index contributed by atoms with van der Waals surface area (Å²) in [6, 6.07) is 19.7. The van der Waals surface area contributed by atoms with Crippen molar-refractivity contribution >= 4 is 17.3 Å². The molecule has 0 aliphatic carbocycles. The molecule has 0 radical (unpaired) electrons. The molecule has 5 nitrogen and oxygen atoms in total. The van der Waals surface area contributed by atoms with Gasteiger partial charge in [0.25, 0.3) is 0 Å². The van der Waals surface area contributed by atoms with Crippen LogP contribution in [0.15, 0.2) is 60.7 Å². The molecule has 1 saturated heterocycles. The van der Waals surface area contributed by atoms with Crippen molar-refractivity contribution in [2.75, 3.05) is 23.3 Å². The van der Waals surface area contributed by atoms with Crippen molar-refractivity contribution in [1.82, 2.24) is 9.97 Å². The number of aromatic nitrogens is 2. The summed E-state index contributed by atoms with van der Waals surface area (Å²) in [4.78, 5) is 11.6. The molecule has 28 heavy (non-hydrogen) atoms. The van der Waals surface area contributed by atoms with Crippen molar-refractivity contribution in [2.45, 2.75) is 26.7 Å². The molecule has 0 amide bonds. The van der Waals surface area contributed by atoms with Gasteiger partial charge in [-0.05, 0) is 49.9 Å². The maximum atomic E-state index is 6.06. The summed E-state index contributed by atoms with van der Waals surface area (Å²) in [5, 5.41) is 3.42. The Hall–Kier alpha value is -3.08. The van der Waals surface area contributed by atoms with Crippen molar-refractivity contribution in [2.24, 2.45) is 5.92 Å². The zero-order valence-electron chi connectivity index (χ0n) is 16.4. The number of hydrogen-bond donors (Lipinski definition) is 1. The van der Waals surface area contributed by atoms with E-state index in [1.54, 1.807) is 0 Å². The van der Waals surface area contributed by atoms with Crippen LogP contribution in [-0.2, 0) is 0 Å². The minimum atomic E-state index is 0.695. The lowest BCUT2D eigenvalue weighted by atomic mass is 10.0. The van der Waals surface area contributed by atoms with Crippen molar-refractivity contribution in [3.05, 3.63) is 66.5 Å². The summed E-state index contributed by atoms with van der Waals surface area (Å²) < 4.78 is 6.06. The molecule has 0 saturated carbocycles. The van der Waals surface area contributed by atoms with Gasteiger partial charge in [0.05, 0.1) is 5.69 Å². The van der Waals surface area contributed by atoms with Gasteiger partial charge in [-0.15, -0.1) is 0 Å². The van der Waals surface area contributed by atoms with Crippen LogP contribution in [0.25, 0.3) is 0 Å². The van der Waals surface area contributed by atoms with Gasteiger partial charge in [-0.2, -0.15) is 0 Å². The average Bonchev–Trinajstić information content (AvgIpc) is 2.70. The highest BCUT2D eigenvalue weighted by Gasteiger charge is 2.19. The molecule has 3 aromatic rings. The summed E-state index contributed by atoms with van der Waals surface area (Å²) in [5.74, 6) is 4.80. The standard InChI is InChI=1S/C23H26N4O/c1-17-9-8-14-27(16-17)23-15-22(24-18(2)25-23)26-20-12-6-7-13-21(20)28-19-10-4-3-5-11-19/h3-7,10-13,15,17H,8-9,14,16H2,1-2H3,(H,24,25,26). The Labute approximate surface area is 166 Å². The van der Waals surface area contributed by atoms with Crippen LogP contribution >= 0.6 is 0 Å². The second-order valence-corrected chi connectivity index (χ2v) is 7.39. The molecule has 2 aromatic carbocycles. The third kappa shape index (κ3) is 4.42. The highest BCUT2D eigenvalue weighted by Crippen LogP contribution is 2.32. The van der Waals surface area contributed by atoms with E-state index in [4.69, 9.17) is 4.74 Å². The molecule has 1 fully saturated rings. The van der Waals surface area contributed by atoms with Crippen molar-refractivity contribution < 1.29 is 4.74 Å². The number of nitrogens with zero attached hydrogens (tertiary/aromatic N) is 3. The third-order valence-electron chi connectivity index (χ3n) is 4.93. The predicted molar refractivity (Wildman–Crippen MR) is 114 cm³/mol. The van der Waals surface area contributed by atoms with Gasteiger partial charge in [0, 0.05) is 19.2 Å². The van der Waals surface area contributed by atoms with Crippen molar-refractivity contribution in [3.8, 4) is 11.5 Å². The van der Waals surface area contributed by atoms with Gasteiger partial charge >= 0.3 is 0 Å². The zero-order chi connectivity index (χ0) is 19.3. The van der Waals surface area contributed by atoms with E-state index < -0.39 is 0 Å². The lowest BCUT2D eigenvalue weighted by Crippen LogP contribution is -2.35. The minimum Gasteiger partial charge on any atom is -0.455 e. The molecule has 0 bridgehead atoms. The van der Waals surface area contributed by atoms with Gasteiger partial charge < -0.3 is 15.0 Å². The number of para-hydroxylation sites is 3. The maximum Gasteiger partial charge on any atom is 0.150 e. The molecule has 1 aliphatic heterocycles. The Morgan fingerprint density at radius 2 is 1.82 bits per heavy atom. The third-order valence-corrected chi connectivity index (χ3v) is 4.93. The van der Waals surface area contributed by atoms with E-state index >= 15 is 0 Å². The fraction of sp³-hybridized carbons (Fsp3) is 0.304. The molecular formula is C23H26N4O. The number of aryl methyl sites for hydroxylation is 1. The van der Waals surface area contributed by atoms with Crippen molar-refractivity contribution in [1.29, 1.82) is 0 Å². The number of ether oxygens (including phenoxy) is 1. The first kappa shape index (κ1) is 18.3. The molecule has 5 heteroatoms. The van der Waals surface area contributed by atoms with Crippen LogP contribution in [-0.4, -0.2) is 23.1 Å². The number of benzene rings is 2. The van der Waals surface area contributed by atoms with E-state index in [1.165, 1.54) is 12.8 Å². The average molecular weight is 374 g/mol. The highest BCUT2D eigenvalue weighted by molar-refractivity contribution is 5.66. The largest absolute Gasteiger partial charge is 0.455 e. The summed E-state index contributed by atoms with van der Waals surface area (Å²) in [7, 11) is 0. The van der Waals surface area contributed by atoms with E-state index in [0.29, 0.717) is 5.92 Å². The summed E-state index contributed by atoms with van der Waals surface area (Å²) in [6.45, 7) is 6.34. The number of anilines is 3. The molecule has 2 heterocycles. The fourth-order valence-electron chi connectivity index (χ4n) is 3.59. The van der Waals surface area contributed by atoms with Gasteiger partial charge in [0.1, 0.15) is 23.2 Å². The Kier molecular flexibility index (Phi) is 5.42. The molecule has 1 atom stereocenters. The molecule has 4 rings (SSSR count). The molecule has 0 spiro atoms. The second kappa shape index (κ2) is 8.30. The quantitative estimate of drug-likeness (QED) is 0.634. The zero-order valence-corrected chi connectivity index (χ0v) is 16.4. The second-order valence-electron chi connectivity index (χ2n) is 7.39. The van der Waals surface area contributed by atoms with E-state index in [0.717, 1.165) is 47.7 Å². The smallest absolute Gasteiger partial charge is 0.150 e. The van der Waals surface area contributed by atoms with Crippen LogP contribution in [0.1, 0.15) is 25.6 Å². The Balaban J connectivity index is 1.58. The first-order valence-corrected chi connectivity index (χ1v) is 9.87. The SMILES string of the molecule is Cc1nc(Nc2ccccc2Oc2ccccc2)cc(N2CCCC(C)C2)n1. The minimum absolute atomic E-state index is 0.695. The van der Waals surface area contributed by atoms with Gasteiger partial charge in [0.15, 0.2) is 5.75 Å². The van der Waals surface area contributed by atoms with E-state index in [2.05, 4.69) is 27.1 Å². The molecule has 144 valence electrons. The first-order chi connectivity index (χ1) is 13.7. The molecule has 1 aliphatic rings. The van der Waals surface area contributed by atoms with Crippen molar-refractivity contribution in [3.63, 3.8) is 0 Å². The summed E-state index contributed by atoms with van der Waals surface area (Å²) >= 11 is 0. The number of rotatable bonds is 5. The number of hydrogen-bond acceptors (Lipinski definition) is 5. The maximum absolute atomic E-state index is 6.06. The van der Waals surface area contributed by atoms with Gasteiger partial charge in [0.2, 0.25) is 0 Å². The Morgan fingerprint density at radius 1 is 1.04 bits per heavy atom. The van der Waals surface area contributed by atoms with E-state index in [1.807, 2.05) is 67.6 Å². The van der Waals surface area contributed by atoms with Crippen LogP contribution in [0.2, 0.25) is 0 Å². The highest BCUT2D eigenvalue weighted by atomic mass is 16.5. The number of nitrogens with one attached hydrogen (secondary N) is 1. The molecule has 1 N–H and O–H groups in total.